The number of benzene rings is 2. The smallest absolute Gasteiger partial charge is 0.243 e. The van der Waals surface area contributed by atoms with Crippen LogP contribution in [-0.2, 0) is 21.2 Å². The third kappa shape index (κ3) is 5.65. The first-order valence-electron chi connectivity index (χ1n) is 9.96. The Morgan fingerprint density at radius 2 is 1.69 bits per heavy atom. The highest BCUT2D eigenvalue weighted by molar-refractivity contribution is 7.89. The minimum absolute atomic E-state index is 0.0215. The number of piperazine rings is 1. The maximum absolute atomic E-state index is 13.0. The second-order valence-corrected chi connectivity index (χ2v) is 9.44. The van der Waals surface area contributed by atoms with Gasteiger partial charge in [-0.3, -0.25) is 9.69 Å². The zero-order valence-corrected chi connectivity index (χ0v) is 17.9. The molecular formula is C22H29N3O3S. The van der Waals surface area contributed by atoms with Crippen molar-refractivity contribution in [3.8, 4) is 0 Å². The lowest BCUT2D eigenvalue weighted by atomic mass is 10.1. The molecule has 1 N–H and O–H groups in total. The Balaban J connectivity index is 1.47. The number of aryl methyl sites for hydroxylation is 2. The van der Waals surface area contributed by atoms with Gasteiger partial charge in [0.2, 0.25) is 15.9 Å². The van der Waals surface area contributed by atoms with Crippen LogP contribution in [0, 0.1) is 13.8 Å². The van der Waals surface area contributed by atoms with Crippen molar-refractivity contribution >= 4 is 15.9 Å². The summed E-state index contributed by atoms with van der Waals surface area (Å²) in [4.78, 5) is 14.6. The van der Waals surface area contributed by atoms with Crippen LogP contribution in [0.2, 0.25) is 0 Å². The molecule has 0 aromatic heterocycles. The van der Waals surface area contributed by atoms with Crippen LogP contribution >= 0.6 is 0 Å². The Morgan fingerprint density at radius 1 is 1.00 bits per heavy atom. The minimum Gasteiger partial charge on any atom is -0.355 e. The lowest BCUT2D eigenvalue weighted by Crippen LogP contribution is -2.51. The Hall–Kier alpha value is -2.22. The number of nitrogens with zero attached hydrogens (tertiary/aromatic N) is 2. The molecule has 0 radical (unpaired) electrons. The van der Waals surface area contributed by atoms with Gasteiger partial charge in [0.15, 0.2) is 0 Å². The fraction of sp³-hybridized carbons (Fsp3) is 0.409. The van der Waals surface area contributed by atoms with Crippen molar-refractivity contribution < 1.29 is 13.2 Å². The van der Waals surface area contributed by atoms with E-state index in [1.54, 1.807) is 6.07 Å². The van der Waals surface area contributed by atoms with Crippen molar-refractivity contribution in [3.63, 3.8) is 0 Å². The number of sulfonamides is 1. The van der Waals surface area contributed by atoms with E-state index in [0.717, 1.165) is 17.5 Å². The van der Waals surface area contributed by atoms with Gasteiger partial charge in [-0.25, -0.2) is 8.42 Å². The summed E-state index contributed by atoms with van der Waals surface area (Å²) in [7, 11) is -3.51. The van der Waals surface area contributed by atoms with Gasteiger partial charge >= 0.3 is 0 Å². The molecule has 7 heteroatoms. The molecule has 1 saturated heterocycles. The van der Waals surface area contributed by atoms with E-state index in [0.29, 0.717) is 44.2 Å². The van der Waals surface area contributed by atoms with Crippen LogP contribution in [0.15, 0.2) is 53.4 Å². The van der Waals surface area contributed by atoms with Gasteiger partial charge in [-0.15, -0.1) is 0 Å². The molecule has 0 unspecified atom stereocenters. The molecule has 3 rings (SSSR count). The van der Waals surface area contributed by atoms with E-state index in [-0.39, 0.29) is 5.91 Å². The van der Waals surface area contributed by atoms with E-state index < -0.39 is 10.0 Å². The fourth-order valence-corrected chi connectivity index (χ4v) is 5.23. The van der Waals surface area contributed by atoms with Crippen LogP contribution in [0.25, 0.3) is 0 Å². The van der Waals surface area contributed by atoms with E-state index in [1.807, 2.05) is 61.2 Å². The first-order valence-corrected chi connectivity index (χ1v) is 11.4. The van der Waals surface area contributed by atoms with Gasteiger partial charge in [0.1, 0.15) is 0 Å². The monoisotopic (exact) mass is 415 g/mol. The molecule has 0 atom stereocenters. The Bertz CT molecular complexity index is 937. The van der Waals surface area contributed by atoms with Gasteiger partial charge < -0.3 is 5.32 Å². The van der Waals surface area contributed by atoms with Crippen LogP contribution in [0.3, 0.4) is 0 Å². The summed E-state index contributed by atoms with van der Waals surface area (Å²) >= 11 is 0. The van der Waals surface area contributed by atoms with Gasteiger partial charge in [0.25, 0.3) is 0 Å². The second kappa shape index (κ2) is 9.52. The summed E-state index contributed by atoms with van der Waals surface area (Å²) in [6, 6.07) is 15.5. The number of hydrogen-bond donors (Lipinski definition) is 1. The van der Waals surface area contributed by atoms with Crippen LogP contribution in [0.4, 0.5) is 0 Å². The maximum Gasteiger partial charge on any atom is 0.243 e. The molecule has 0 saturated carbocycles. The van der Waals surface area contributed by atoms with Crippen molar-refractivity contribution in [3.05, 3.63) is 65.2 Å². The maximum atomic E-state index is 13.0. The number of carbonyl (C=O) groups is 1. The van der Waals surface area contributed by atoms with E-state index in [1.165, 1.54) is 9.87 Å². The van der Waals surface area contributed by atoms with Gasteiger partial charge in [-0.2, -0.15) is 4.31 Å². The van der Waals surface area contributed by atoms with Crippen molar-refractivity contribution in [2.75, 3.05) is 39.3 Å². The summed E-state index contributed by atoms with van der Waals surface area (Å²) in [5.74, 6) is -0.0215. The molecule has 29 heavy (non-hydrogen) atoms. The Kier molecular flexibility index (Phi) is 7.05. The summed E-state index contributed by atoms with van der Waals surface area (Å²) < 4.78 is 27.5. The summed E-state index contributed by atoms with van der Waals surface area (Å²) in [5, 5.41) is 2.95. The fourth-order valence-electron chi connectivity index (χ4n) is 3.50. The number of nitrogens with one attached hydrogen (secondary N) is 1. The van der Waals surface area contributed by atoms with Crippen LogP contribution in [-0.4, -0.2) is 62.8 Å². The standard InChI is InChI=1S/C22H29N3O3S/c1-18-8-9-19(2)21(16-18)29(27,28)25-14-12-24(13-15-25)17-22(26)23-11-10-20-6-4-3-5-7-20/h3-9,16H,10-15,17H2,1-2H3,(H,23,26). The number of carbonyl (C=O) groups excluding carboxylic acids is 1. The highest BCUT2D eigenvalue weighted by atomic mass is 32.2. The van der Waals surface area contributed by atoms with E-state index >= 15 is 0 Å². The largest absolute Gasteiger partial charge is 0.355 e. The molecule has 1 aliphatic heterocycles. The molecule has 0 spiro atoms. The SMILES string of the molecule is Cc1ccc(C)c(S(=O)(=O)N2CCN(CC(=O)NCCc3ccccc3)CC2)c1. The summed E-state index contributed by atoms with van der Waals surface area (Å²) in [6.45, 7) is 6.51. The van der Waals surface area contributed by atoms with E-state index in [4.69, 9.17) is 0 Å². The Morgan fingerprint density at radius 3 is 2.38 bits per heavy atom. The quantitative estimate of drug-likeness (QED) is 0.751. The summed E-state index contributed by atoms with van der Waals surface area (Å²) in [5.41, 5.74) is 2.88. The highest BCUT2D eigenvalue weighted by Crippen LogP contribution is 2.22. The lowest BCUT2D eigenvalue weighted by molar-refractivity contribution is -0.122. The first-order chi connectivity index (χ1) is 13.9. The molecule has 1 amide bonds. The molecule has 0 aliphatic carbocycles. The van der Waals surface area contributed by atoms with Crippen molar-refractivity contribution in [1.82, 2.24) is 14.5 Å². The molecule has 156 valence electrons. The second-order valence-electron chi connectivity index (χ2n) is 7.53. The molecule has 2 aromatic rings. The summed E-state index contributed by atoms with van der Waals surface area (Å²) in [6.07, 6.45) is 0.800. The molecule has 1 heterocycles. The predicted octanol–water partition coefficient (Wildman–Crippen LogP) is 1.97. The third-order valence-electron chi connectivity index (χ3n) is 5.24. The van der Waals surface area contributed by atoms with Gasteiger partial charge in [-0.1, -0.05) is 42.5 Å². The predicted molar refractivity (Wildman–Crippen MR) is 114 cm³/mol. The van der Waals surface area contributed by atoms with Gasteiger partial charge in [-0.05, 0) is 43.0 Å². The number of rotatable bonds is 7. The molecule has 1 aliphatic rings. The van der Waals surface area contributed by atoms with Crippen molar-refractivity contribution in [2.45, 2.75) is 25.2 Å². The average Bonchev–Trinajstić information content (AvgIpc) is 2.71. The van der Waals surface area contributed by atoms with Crippen LogP contribution in [0.5, 0.6) is 0 Å². The number of amides is 1. The van der Waals surface area contributed by atoms with Crippen LogP contribution in [0.1, 0.15) is 16.7 Å². The Labute approximate surface area is 173 Å². The van der Waals surface area contributed by atoms with E-state index in [9.17, 15) is 13.2 Å². The number of hydrogen-bond acceptors (Lipinski definition) is 4. The van der Waals surface area contributed by atoms with Gasteiger partial charge in [0.05, 0.1) is 11.4 Å². The third-order valence-corrected chi connectivity index (χ3v) is 7.28. The lowest BCUT2D eigenvalue weighted by Gasteiger charge is -2.33. The zero-order chi connectivity index (χ0) is 20.9. The molecular weight excluding hydrogens is 386 g/mol. The minimum atomic E-state index is -3.51. The van der Waals surface area contributed by atoms with Gasteiger partial charge in [0, 0.05) is 32.7 Å². The van der Waals surface area contributed by atoms with Crippen LogP contribution < -0.4 is 5.32 Å². The normalized spacial score (nSPS) is 15.9. The van der Waals surface area contributed by atoms with Crippen molar-refractivity contribution in [2.24, 2.45) is 0 Å². The average molecular weight is 416 g/mol. The van der Waals surface area contributed by atoms with E-state index in [2.05, 4.69) is 5.32 Å². The topological polar surface area (TPSA) is 69.7 Å². The first kappa shape index (κ1) is 21.5. The molecule has 2 aromatic carbocycles. The highest BCUT2D eigenvalue weighted by Gasteiger charge is 2.30. The molecule has 1 fully saturated rings. The van der Waals surface area contributed by atoms with Crippen molar-refractivity contribution in [1.29, 1.82) is 0 Å². The zero-order valence-electron chi connectivity index (χ0n) is 17.1. The molecule has 6 nitrogen and oxygen atoms in total. The molecule has 0 bridgehead atoms.